The standard InChI is InChI=1S/C13H16O7S/c1-7-2-4-8(5-3-7)21(16,17)20-12-10(15)11-9(14)6-18-13(12)19-11/h2-5,9-15H,6H2,1H3. The first-order valence-corrected chi connectivity index (χ1v) is 7.92. The van der Waals surface area contributed by atoms with Crippen LogP contribution in [0.15, 0.2) is 29.2 Å². The third kappa shape index (κ3) is 2.70. The van der Waals surface area contributed by atoms with E-state index < -0.39 is 40.8 Å². The van der Waals surface area contributed by atoms with E-state index in [-0.39, 0.29) is 11.5 Å². The molecule has 0 amide bonds. The lowest BCUT2D eigenvalue weighted by Gasteiger charge is -2.25. The quantitative estimate of drug-likeness (QED) is 0.728. The Labute approximate surface area is 122 Å². The predicted molar refractivity (Wildman–Crippen MR) is 69.9 cm³/mol. The fraction of sp³-hybridized carbons (Fsp3) is 0.538. The first kappa shape index (κ1) is 14.9. The van der Waals surface area contributed by atoms with Gasteiger partial charge in [0.25, 0.3) is 10.1 Å². The molecule has 2 bridgehead atoms. The fourth-order valence-corrected chi connectivity index (χ4v) is 3.49. The second-order valence-corrected chi connectivity index (χ2v) is 6.76. The molecular weight excluding hydrogens is 300 g/mol. The van der Waals surface area contributed by atoms with Gasteiger partial charge in [0.2, 0.25) is 0 Å². The van der Waals surface area contributed by atoms with Crippen LogP contribution in [0.5, 0.6) is 0 Å². The van der Waals surface area contributed by atoms with E-state index in [1.165, 1.54) is 12.1 Å². The molecular formula is C13H16O7S. The summed E-state index contributed by atoms with van der Waals surface area (Å²) in [6.07, 6.45) is -5.38. The number of hydrogen-bond acceptors (Lipinski definition) is 7. The van der Waals surface area contributed by atoms with Crippen molar-refractivity contribution in [3.63, 3.8) is 0 Å². The summed E-state index contributed by atoms with van der Waals surface area (Å²) in [5, 5.41) is 19.6. The highest BCUT2D eigenvalue weighted by atomic mass is 32.2. The number of aliphatic hydroxyl groups excluding tert-OH is 2. The second-order valence-electron chi connectivity index (χ2n) is 5.19. The zero-order valence-corrected chi connectivity index (χ0v) is 12.1. The molecule has 116 valence electrons. The van der Waals surface area contributed by atoms with Crippen molar-refractivity contribution in [3.05, 3.63) is 29.8 Å². The van der Waals surface area contributed by atoms with Crippen molar-refractivity contribution < 1.29 is 32.3 Å². The minimum absolute atomic E-state index is 0.0118. The lowest BCUT2D eigenvalue weighted by atomic mass is 10.1. The monoisotopic (exact) mass is 316 g/mol. The van der Waals surface area contributed by atoms with Crippen LogP contribution in [-0.4, -0.2) is 55.9 Å². The molecule has 5 unspecified atom stereocenters. The molecule has 2 N–H and O–H groups in total. The highest BCUT2D eigenvalue weighted by Crippen LogP contribution is 2.33. The first-order chi connectivity index (χ1) is 9.88. The van der Waals surface area contributed by atoms with Gasteiger partial charge in [-0.25, -0.2) is 0 Å². The SMILES string of the molecule is Cc1ccc(S(=O)(=O)OC2C3OCC(O)C(O3)C2O)cc1. The number of fused-ring (bicyclic) bond motifs is 2. The van der Waals surface area contributed by atoms with Crippen molar-refractivity contribution in [3.8, 4) is 0 Å². The number of rotatable bonds is 3. The van der Waals surface area contributed by atoms with Crippen molar-refractivity contribution in [2.75, 3.05) is 6.61 Å². The van der Waals surface area contributed by atoms with E-state index in [1.807, 2.05) is 6.92 Å². The molecule has 0 spiro atoms. The van der Waals surface area contributed by atoms with E-state index in [2.05, 4.69) is 0 Å². The Balaban J connectivity index is 1.81. The summed E-state index contributed by atoms with van der Waals surface area (Å²) in [4.78, 5) is -0.0118. The number of aryl methyl sites for hydroxylation is 1. The molecule has 2 aliphatic heterocycles. The third-order valence-electron chi connectivity index (χ3n) is 3.59. The average molecular weight is 316 g/mol. The maximum atomic E-state index is 12.2. The Hall–Kier alpha value is -1.03. The molecule has 7 nitrogen and oxygen atoms in total. The largest absolute Gasteiger partial charge is 0.388 e. The van der Waals surface area contributed by atoms with Crippen LogP contribution >= 0.6 is 0 Å². The summed E-state index contributed by atoms with van der Waals surface area (Å²) in [7, 11) is -4.05. The molecule has 0 saturated carbocycles. The van der Waals surface area contributed by atoms with Gasteiger partial charge in [-0.2, -0.15) is 8.42 Å². The van der Waals surface area contributed by atoms with Gasteiger partial charge in [-0.3, -0.25) is 4.18 Å². The van der Waals surface area contributed by atoms with Gasteiger partial charge in [-0.15, -0.1) is 0 Å². The highest BCUT2D eigenvalue weighted by Gasteiger charge is 2.53. The normalized spacial score (nSPS) is 35.9. The van der Waals surface area contributed by atoms with Gasteiger partial charge in [-0.1, -0.05) is 17.7 Å². The fourth-order valence-electron chi connectivity index (χ4n) is 2.41. The van der Waals surface area contributed by atoms with Crippen molar-refractivity contribution in [1.82, 2.24) is 0 Å². The van der Waals surface area contributed by atoms with Crippen LogP contribution in [0, 0.1) is 6.92 Å². The molecule has 1 aromatic carbocycles. The van der Waals surface area contributed by atoms with E-state index in [0.717, 1.165) is 5.56 Å². The Morgan fingerprint density at radius 3 is 2.52 bits per heavy atom. The molecule has 21 heavy (non-hydrogen) atoms. The van der Waals surface area contributed by atoms with Crippen LogP contribution in [0.4, 0.5) is 0 Å². The Morgan fingerprint density at radius 2 is 1.90 bits per heavy atom. The van der Waals surface area contributed by atoms with Gasteiger partial charge in [0.15, 0.2) is 12.4 Å². The number of benzene rings is 1. The van der Waals surface area contributed by atoms with E-state index in [1.54, 1.807) is 12.1 Å². The summed E-state index contributed by atoms with van der Waals surface area (Å²) < 4.78 is 39.8. The van der Waals surface area contributed by atoms with Crippen molar-refractivity contribution in [1.29, 1.82) is 0 Å². The molecule has 0 radical (unpaired) electrons. The minimum atomic E-state index is -4.05. The van der Waals surface area contributed by atoms with Gasteiger partial charge in [0.1, 0.15) is 18.3 Å². The molecule has 2 aliphatic rings. The van der Waals surface area contributed by atoms with Crippen LogP contribution in [0.2, 0.25) is 0 Å². The highest BCUT2D eigenvalue weighted by molar-refractivity contribution is 7.86. The molecule has 8 heteroatoms. The number of hydrogen-bond donors (Lipinski definition) is 2. The zero-order chi connectivity index (χ0) is 15.2. The molecule has 2 heterocycles. The van der Waals surface area contributed by atoms with Gasteiger partial charge in [0, 0.05) is 0 Å². The van der Waals surface area contributed by atoms with Crippen LogP contribution < -0.4 is 0 Å². The molecule has 2 saturated heterocycles. The molecule has 1 aromatic rings. The summed E-state index contributed by atoms with van der Waals surface area (Å²) >= 11 is 0. The lowest BCUT2D eigenvalue weighted by molar-refractivity contribution is -0.231. The smallest absolute Gasteiger partial charge is 0.297 e. The average Bonchev–Trinajstić information content (AvgIpc) is 2.69. The van der Waals surface area contributed by atoms with Crippen molar-refractivity contribution in [2.45, 2.75) is 42.5 Å². The predicted octanol–water partition coefficient (Wildman–Crippen LogP) is -0.454. The summed E-state index contributed by atoms with van der Waals surface area (Å²) in [5.41, 5.74) is 0.917. The van der Waals surface area contributed by atoms with Gasteiger partial charge in [0.05, 0.1) is 11.5 Å². The van der Waals surface area contributed by atoms with Crippen LogP contribution in [0.25, 0.3) is 0 Å². The maximum absolute atomic E-state index is 12.2. The molecule has 0 aromatic heterocycles. The summed E-state index contributed by atoms with van der Waals surface area (Å²) in [5.74, 6) is 0. The van der Waals surface area contributed by atoms with Crippen molar-refractivity contribution >= 4 is 10.1 Å². The lowest BCUT2D eigenvalue weighted by Crippen LogP contribution is -2.41. The minimum Gasteiger partial charge on any atom is -0.388 e. The van der Waals surface area contributed by atoms with E-state index in [9.17, 15) is 18.6 Å². The van der Waals surface area contributed by atoms with Gasteiger partial charge >= 0.3 is 0 Å². The van der Waals surface area contributed by atoms with Gasteiger partial charge in [-0.05, 0) is 19.1 Å². The summed E-state index contributed by atoms with van der Waals surface area (Å²) in [6.45, 7) is 1.81. The van der Waals surface area contributed by atoms with E-state index >= 15 is 0 Å². The van der Waals surface area contributed by atoms with Crippen LogP contribution in [0.3, 0.4) is 0 Å². The molecule has 3 rings (SSSR count). The third-order valence-corrected chi connectivity index (χ3v) is 4.92. The van der Waals surface area contributed by atoms with Crippen molar-refractivity contribution in [2.24, 2.45) is 0 Å². The van der Waals surface area contributed by atoms with E-state index in [0.29, 0.717) is 0 Å². The first-order valence-electron chi connectivity index (χ1n) is 6.51. The Bertz CT molecular complexity index is 612. The van der Waals surface area contributed by atoms with Crippen LogP contribution in [0.1, 0.15) is 5.56 Å². The Kier molecular flexibility index (Phi) is 3.76. The zero-order valence-electron chi connectivity index (χ0n) is 11.2. The summed E-state index contributed by atoms with van der Waals surface area (Å²) in [6, 6.07) is 6.15. The second kappa shape index (κ2) is 5.31. The molecule has 5 atom stereocenters. The van der Waals surface area contributed by atoms with Crippen LogP contribution in [-0.2, 0) is 23.8 Å². The Morgan fingerprint density at radius 1 is 1.24 bits per heavy atom. The van der Waals surface area contributed by atoms with E-state index in [4.69, 9.17) is 13.7 Å². The number of ether oxygens (including phenoxy) is 2. The number of aliphatic hydroxyl groups is 2. The van der Waals surface area contributed by atoms with Gasteiger partial charge < -0.3 is 19.7 Å². The molecule has 0 aliphatic carbocycles. The maximum Gasteiger partial charge on any atom is 0.297 e. The topological polar surface area (TPSA) is 102 Å². The molecule has 2 fully saturated rings.